The van der Waals surface area contributed by atoms with E-state index < -0.39 is 5.54 Å². The molecule has 5 heteroatoms. The van der Waals surface area contributed by atoms with Gasteiger partial charge in [-0.05, 0) is 33.4 Å². The number of carbonyl (C=O) groups excluding carboxylic acids is 1. The molecule has 0 spiro atoms. The van der Waals surface area contributed by atoms with Crippen LogP contribution in [0.25, 0.3) is 0 Å². The van der Waals surface area contributed by atoms with E-state index in [9.17, 15) is 4.79 Å². The number of amides is 1. The number of nitrogens with zero attached hydrogens (tertiary/aromatic N) is 2. The molecule has 18 heavy (non-hydrogen) atoms. The fraction of sp³-hybridized carbons (Fsp3) is 0.923. The molecule has 1 aliphatic heterocycles. The molecule has 0 aromatic heterocycles. The van der Waals surface area contributed by atoms with Gasteiger partial charge in [0.05, 0.1) is 5.54 Å². The number of nitrogens with two attached hydrogens (primary N) is 1. The van der Waals surface area contributed by atoms with E-state index in [2.05, 4.69) is 19.0 Å². The van der Waals surface area contributed by atoms with Crippen molar-refractivity contribution in [3.63, 3.8) is 0 Å². The molecule has 1 heterocycles. The lowest BCUT2D eigenvalue weighted by Crippen LogP contribution is -2.56. The van der Waals surface area contributed by atoms with Gasteiger partial charge in [-0.3, -0.25) is 4.79 Å². The van der Waals surface area contributed by atoms with E-state index in [1.165, 1.54) is 6.42 Å². The summed E-state index contributed by atoms with van der Waals surface area (Å²) >= 11 is 0. The topological polar surface area (TPSA) is 49.6 Å². The molecular weight excluding hydrogens is 250 g/mol. The minimum atomic E-state index is -0.556. The normalized spacial score (nSPS) is 27.1. The Balaban J connectivity index is 0.00000162. The Hall–Kier alpha value is -0.320. The first-order valence-corrected chi connectivity index (χ1v) is 6.78. The third-order valence-corrected chi connectivity index (χ3v) is 4.35. The van der Waals surface area contributed by atoms with E-state index in [1.54, 1.807) is 0 Å². The van der Waals surface area contributed by atoms with Crippen molar-refractivity contribution >= 4 is 18.3 Å². The highest BCUT2D eigenvalue weighted by Gasteiger charge is 2.40. The number of likely N-dealkylation sites (tertiary alicyclic amines) is 1. The van der Waals surface area contributed by atoms with Crippen LogP contribution in [0.1, 0.15) is 38.5 Å². The van der Waals surface area contributed by atoms with Gasteiger partial charge in [-0.15, -0.1) is 12.4 Å². The molecule has 1 amide bonds. The summed E-state index contributed by atoms with van der Waals surface area (Å²) < 4.78 is 0. The van der Waals surface area contributed by atoms with Crippen molar-refractivity contribution in [3.05, 3.63) is 0 Å². The third kappa shape index (κ3) is 3.16. The first kappa shape index (κ1) is 15.7. The van der Waals surface area contributed by atoms with Gasteiger partial charge in [0.2, 0.25) is 5.91 Å². The zero-order chi connectivity index (χ0) is 12.5. The van der Waals surface area contributed by atoms with Crippen LogP contribution in [0.3, 0.4) is 0 Å². The highest BCUT2D eigenvalue weighted by molar-refractivity contribution is 5.86. The van der Waals surface area contributed by atoms with Crippen LogP contribution in [0.2, 0.25) is 0 Å². The van der Waals surface area contributed by atoms with Crippen molar-refractivity contribution in [3.8, 4) is 0 Å². The van der Waals surface area contributed by atoms with E-state index >= 15 is 0 Å². The Bertz CT molecular complexity index is 290. The number of hydrogen-bond acceptors (Lipinski definition) is 3. The molecule has 106 valence electrons. The molecule has 4 nitrogen and oxygen atoms in total. The van der Waals surface area contributed by atoms with Crippen molar-refractivity contribution in [2.75, 3.05) is 27.2 Å². The molecule has 1 unspecified atom stereocenters. The number of likely N-dealkylation sites (N-methyl/N-ethyl adjacent to an activating group) is 1. The number of halogens is 1. The summed E-state index contributed by atoms with van der Waals surface area (Å²) in [5.41, 5.74) is 5.74. The van der Waals surface area contributed by atoms with Crippen LogP contribution in [-0.2, 0) is 4.79 Å². The zero-order valence-electron chi connectivity index (χ0n) is 11.5. The Kier molecular flexibility index (Phi) is 5.44. The van der Waals surface area contributed by atoms with Gasteiger partial charge in [-0.2, -0.15) is 0 Å². The second-order valence-electron chi connectivity index (χ2n) is 5.87. The lowest BCUT2D eigenvalue weighted by atomic mass is 9.81. The number of hydrogen-bond donors (Lipinski definition) is 1. The second kappa shape index (κ2) is 6.22. The molecule has 0 bridgehead atoms. The summed E-state index contributed by atoms with van der Waals surface area (Å²) in [5, 5.41) is 0. The fourth-order valence-electron chi connectivity index (χ4n) is 3.06. The van der Waals surface area contributed by atoms with Crippen LogP contribution in [-0.4, -0.2) is 54.5 Å². The predicted octanol–water partition coefficient (Wildman–Crippen LogP) is 1.23. The van der Waals surface area contributed by atoms with E-state index in [1.807, 2.05) is 4.90 Å². The molecule has 1 saturated carbocycles. The van der Waals surface area contributed by atoms with Gasteiger partial charge >= 0.3 is 0 Å². The largest absolute Gasteiger partial charge is 0.339 e. The Morgan fingerprint density at radius 1 is 1.28 bits per heavy atom. The molecule has 2 aliphatic rings. The summed E-state index contributed by atoms with van der Waals surface area (Å²) in [6, 6.07) is 0.506. The Labute approximate surface area is 116 Å². The summed E-state index contributed by atoms with van der Waals surface area (Å²) in [5.74, 6) is 0.196. The van der Waals surface area contributed by atoms with E-state index in [4.69, 9.17) is 5.73 Å². The van der Waals surface area contributed by atoms with Crippen LogP contribution in [0.15, 0.2) is 0 Å². The Morgan fingerprint density at radius 2 is 1.89 bits per heavy atom. The molecule has 1 atom stereocenters. The maximum Gasteiger partial charge on any atom is 0.242 e. The smallest absolute Gasteiger partial charge is 0.242 e. The van der Waals surface area contributed by atoms with Crippen LogP contribution >= 0.6 is 12.4 Å². The maximum atomic E-state index is 12.5. The summed E-state index contributed by atoms with van der Waals surface area (Å²) in [6.45, 7) is 1.73. The highest BCUT2D eigenvalue weighted by Crippen LogP contribution is 2.29. The SMILES string of the molecule is CN(C)C1CCN(C(=O)C2(N)CCCCC2)C1.Cl. The Morgan fingerprint density at radius 3 is 2.39 bits per heavy atom. The van der Waals surface area contributed by atoms with Gasteiger partial charge in [0.25, 0.3) is 0 Å². The minimum absolute atomic E-state index is 0. The molecule has 1 aliphatic carbocycles. The highest BCUT2D eigenvalue weighted by atomic mass is 35.5. The van der Waals surface area contributed by atoms with Gasteiger partial charge in [0.1, 0.15) is 0 Å². The second-order valence-corrected chi connectivity index (χ2v) is 5.87. The van der Waals surface area contributed by atoms with Crippen LogP contribution < -0.4 is 5.73 Å². The van der Waals surface area contributed by atoms with Gasteiger partial charge in [-0.25, -0.2) is 0 Å². The van der Waals surface area contributed by atoms with E-state index in [0.717, 1.165) is 45.2 Å². The quantitative estimate of drug-likeness (QED) is 0.825. The van der Waals surface area contributed by atoms with Crippen molar-refractivity contribution in [1.29, 1.82) is 0 Å². The van der Waals surface area contributed by atoms with Gasteiger partial charge < -0.3 is 15.5 Å². The van der Waals surface area contributed by atoms with Gasteiger partial charge in [-0.1, -0.05) is 19.3 Å². The lowest BCUT2D eigenvalue weighted by molar-refractivity contribution is -0.137. The summed E-state index contributed by atoms with van der Waals surface area (Å²) in [6.07, 6.45) is 6.26. The van der Waals surface area contributed by atoms with Gasteiger partial charge in [0, 0.05) is 19.1 Å². The predicted molar refractivity (Wildman–Crippen MR) is 75.9 cm³/mol. The number of carbonyl (C=O) groups is 1. The van der Waals surface area contributed by atoms with Crippen molar-refractivity contribution in [1.82, 2.24) is 9.80 Å². The molecule has 1 saturated heterocycles. The molecule has 2 rings (SSSR count). The summed E-state index contributed by atoms with van der Waals surface area (Å²) in [7, 11) is 4.16. The average molecular weight is 276 g/mol. The van der Waals surface area contributed by atoms with Gasteiger partial charge in [0.15, 0.2) is 0 Å². The van der Waals surface area contributed by atoms with Crippen LogP contribution in [0.5, 0.6) is 0 Å². The molecule has 0 aromatic rings. The van der Waals surface area contributed by atoms with Crippen molar-refractivity contribution in [2.45, 2.75) is 50.1 Å². The maximum absolute atomic E-state index is 12.5. The molecule has 0 aromatic carbocycles. The molecule has 2 N–H and O–H groups in total. The first-order valence-electron chi connectivity index (χ1n) is 6.78. The van der Waals surface area contributed by atoms with E-state index in [0.29, 0.717) is 6.04 Å². The molecule has 0 radical (unpaired) electrons. The van der Waals surface area contributed by atoms with Crippen molar-refractivity contribution in [2.24, 2.45) is 5.73 Å². The van der Waals surface area contributed by atoms with E-state index in [-0.39, 0.29) is 18.3 Å². The third-order valence-electron chi connectivity index (χ3n) is 4.35. The minimum Gasteiger partial charge on any atom is -0.339 e. The fourth-order valence-corrected chi connectivity index (χ4v) is 3.06. The average Bonchev–Trinajstić information content (AvgIpc) is 2.78. The monoisotopic (exact) mass is 275 g/mol. The molecule has 2 fully saturated rings. The molecular formula is C13H26ClN3O. The van der Waals surface area contributed by atoms with Crippen LogP contribution in [0.4, 0.5) is 0 Å². The first-order chi connectivity index (χ1) is 8.03. The number of rotatable bonds is 2. The standard InChI is InChI=1S/C13H25N3O.ClH/c1-15(2)11-6-9-16(10-11)12(17)13(14)7-4-3-5-8-13;/h11H,3-10,14H2,1-2H3;1H. The summed E-state index contributed by atoms with van der Waals surface area (Å²) in [4.78, 5) is 16.7. The zero-order valence-corrected chi connectivity index (χ0v) is 12.3. The lowest BCUT2D eigenvalue weighted by Gasteiger charge is -2.35. The van der Waals surface area contributed by atoms with Crippen LogP contribution in [0, 0.1) is 0 Å². The van der Waals surface area contributed by atoms with Crippen molar-refractivity contribution < 1.29 is 4.79 Å².